The van der Waals surface area contributed by atoms with E-state index >= 15 is 0 Å². The maximum atomic E-state index is 11.8. The summed E-state index contributed by atoms with van der Waals surface area (Å²) in [6, 6.07) is 0. The number of halogens is 1. The molecule has 0 aromatic heterocycles. The van der Waals surface area contributed by atoms with Crippen LogP contribution in [0.1, 0.15) is 32.6 Å². The van der Waals surface area contributed by atoms with Gasteiger partial charge in [-0.2, -0.15) is 0 Å². The predicted molar refractivity (Wildman–Crippen MR) is 65.1 cm³/mol. The highest BCUT2D eigenvalue weighted by molar-refractivity contribution is 14.1. The fraction of sp³-hybridized carbons (Fsp3) is 0.909. The van der Waals surface area contributed by atoms with Crippen molar-refractivity contribution in [1.82, 2.24) is 0 Å². The van der Waals surface area contributed by atoms with Crippen LogP contribution in [0.2, 0.25) is 0 Å². The summed E-state index contributed by atoms with van der Waals surface area (Å²) in [6.45, 7) is 2.06. The zero-order chi connectivity index (χ0) is 11.1. The van der Waals surface area contributed by atoms with E-state index in [0.717, 1.165) is 12.8 Å². The zero-order valence-electron chi connectivity index (χ0n) is 9.16. The number of carbonyl (C=O) groups is 1. The van der Waals surface area contributed by atoms with Crippen LogP contribution in [0.25, 0.3) is 0 Å². The Morgan fingerprint density at radius 2 is 2.07 bits per heavy atom. The van der Waals surface area contributed by atoms with E-state index in [0.29, 0.717) is 0 Å². The number of esters is 1. The van der Waals surface area contributed by atoms with Crippen molar-refractivity contribution in [2.24, 2.45) is 5.92 Å². The van der Waals surface area contributed by atoms with Crippen molar-refractivity contribution in [3.05, 3.63) is 0 Å². The molecule has 1 saturated carbocycles. The number of methoxy groups -OCH3 is 1. The Balaban J connectivity index is 2.26. The van der Waals surface area contributed by atoms with Crippen molar-refractivity contribution in [3.63, 3.8) is 0 Å². The number of carbonyl (C=O) groups excluding carboxylic acids is 1. The number of ether oxygens (including phenoxy) is 2. The Bertz CT molecular complexity index is 261. The molecule has 0 N–H and O–H groups in total. The van der Waals surface area contributed by atoms with Gasteiger partial charge in [0, 0.05) is 0 Å². The third-order valence-corrected chi connectivity index (χ3v) is 5.39. The lowest BCUT2D eigenvalue weighted by Gasteiger charge is -2.28. The first kappa shape index (κ1) is 11.6. The molecule has 3 nitrogen and oxygen atoms in total. The maximum Gasteiger partial charge on any atom is 0.312 e. The third-order valence-electron chi connectivity index (χ3n) is 3.66. The lowest BCUT2D eigenvalue weighted by molar-refractivity contribution is -0.152. The summed E-state index contributed by atoms with van der Waals surface area (Å²) in [7, 11) is 1.47. The molecular formula is C11H17IO3. The quantitative estimate of drug-likeness (QED) is 0.422. The highest BCUT2D eigenvalue weighted by atomic mass is 127. The largest absolute Gasteiger partial charge is 0.469 e. The average Bonchev–Trinajstić information content (AvgIpc) is 2.75. The summed E-state index contributed by atoms with van der Waals surface area (Å²) in [5.41, 5.74) is -0.210. The van der Waals surface area contributed by atoms with Crippen molar-refractivity contribution in [3.8, 4) is 0 Å². The van der Waals surface area contributed by atoms with Crippen molar-refractivity contribution in [1.29, 1.82) is 0 Å². The van der Waals surface area contributed by atoms with E-state index in [2.05, 4.69) is 29.5 Å². The molecule has 3 atom stereocenters. The molecule has 0 bridgehead atoms. The SMILES string of the molecule is COC(=O)[C@H]1[C@H](I)[C@H](C)OC12CCCC2. The molecule has 4 heteroatoms. The second kappa shape index (κ2) is 4.20. The topological polar surface area (TPSA) is 35.5 Å². The number of rotatable bonds is 1. The molecule has 0 aromatic carbocycles. The molecule has 2 rings (SSSR count). The second-order valence-electron chi connectivity index (χ2n) is 4.54. The first-order chi connectivity index (χ1) is 7.10. The third kappa shape index (κ3) is 1.79. The maximum absolute atomic E-state index is 11.8. The van der Waals surface area contributed by atoms with E-state index in [-0.39, 0.29) is 27.5 Å². The predicted octanol–water partition coefficient (Wildman–Crippen LogP) is 2.31. The van der Waals surface area contributed by atoms with Crippen LogP contribution in [-0.4, -0.2) is 28.7 Å². The zero-order valence-corrected chi connectivity index (χ0v) is 11.3. The monoisotopic (exact) mass is 324 g/mol. The lowest BCUT2D eigenvalue weighted by atomic mass is 9.85. The lowest BCUT2D eigenvalue weighted by Crippen LogP contribution is -2.40. The van der Waals surface area contributed by atoms with Gasteiger partial charge in [-0.05, 0) is 19.8 Å². The number of hydrogen-bond donors (Lipinski definition) is 0. The van der Waals surface area contributed by atoms with Crippen LogP contribution in [0.5, 0.6) is 0 Å². The Morgan fingerprint density at radius 3 is 2.60 bits per heavy atom. The highest BCUT2D eigenvalue weighted by Gasteiger charge is 2.57. The molecule has 1 aliphatic carbocycles. The molecule has 0 radical (unpaired) electrons. The smallest absolute Gasteiger partial charge is 0.312 e. The van der Waals surface area contributed by atoms with Gasteiger partial charge in [0.1, 0.15) is 5.92 Å². The van der Waals surface area contributed by atoms with Crippen molar-refractivity contribution in [2.75, 3.05) is 7.11 Å². The Kier molecular flexibility index (Phi) is 3.26. The molecule has 0 unspecified atom stereocenters. The fourth-order valence-electron chi connectivity index (χ4n) is 2.94. The van der Waals surface area contributed by atoms with Gasteiger partial charge in [0.2, 0.25) is 0 Å². The molecule has 1 spiro atoms. The molecule has 2 fully saturated rings. The first-order valence-corrected chi connectivity index (χ1v) is 6.75. The molecule has 1 heterocycles. The van der Waals surface area contributed by atoms with Gasteiger partial charge in [-0.3, -0.25) is 4.79 Å². The van der Waals surface area contributed by atoms with Gasteiger partial charge < -0.3 is 9.47 Å². The van der Waals surface area contributed by atoms with Gasteiger partial charge in [-0.1, -0.05) is 35.4 Å². The Labute approximate surface area is 104 Å². The van der Waals surface area contributed by atoms with Crippen LogP contribution in [-0.2, 0) is 14.3 Å². The summed E-state index contributed by atoms with van der Waals surface area (Å²) in [5.74, 6) is -0.166. The van der Waals surface area contributed by atoms with E-state index in [1.807, 2.05) is 0 Å². The Hall–Kier alpha value is 0.160. The minimum Gasteiger partial charge on any atom is -0.469 e. The minimum absolute atomic E-state index is 0.0689. The summed E-state index contributed by atoms with van der Waals surface area (Å²) >= 11 is 2.33. The molecular weight excluding hydrogens is 307 g/mol. The molecule has 2 aliphatic rings. The van der Waals surface area contributed by atoms with Crippen molar-refractivity contribution >= 4 is 28.6 Å². The molecule has 1 saturated heterocycles. The van der Waals surface area contributed by atoms with Crippen LogP contribution in [0.4, 0.5) is 0 Å². The highest BCUT2D eigenvalue weighted by Crippen LogP contribution is 2.50. The van der Waals surface area contributed by atoms with Gasteiger partial charge in [0.25, 0.3) is 0 Å². The molecule has 1 aliphatic heterocycles. The van der Waals surface area contributed by atoms with E-state index in [4.69, 9.17) is 9.47 Å². The van der Waals surface area contributed by atoms with Gasteiger partial charge in [-0.25, -0.2) is 0 Å². The number of alkyl halides is 1. The van der Waals surface area contributed by atoms with Crippen LogP contribution < -0.4 is 0 Å². The standard InChI is InChI=1S/C11H17IO3/c1-7-9(12)8(10(13)14-2)11(15-7)5-3-4-6-11/h7-9H,3-6H2,1-2H3/t7-,8+,9+/m0/s1. The molecule has 86 valence electrons. The summed E-state index contributed by atoms with van der Waals surface area (Å²) in [5, 5.41) is 0. The summed E-state index contributed by atoms with van der Waals surface area (Å²) in [4.78, 5) is 11.8. The van der Waals surface area contributed by atoms with Gasteiger partial charge in [0.15, 0.2) is 0 Å². The van der Waals surface area contributed by atoms with Crippen LogP contribution in [0, 0.1) is 5.92 Å². The summed E-state index contributed by atoms with van der Waals surface area (Å²) < 4.78 is 11.2. The molecule has 15 heavy (non-hydrogen) atoms. The molecule has 0 amide bonds. The number of hydrogen-bond acceptors (Lipinski definition) is 3. The summed E-state index contributed by atoms with van der Waals surface area (Å²) in [6.07, 6.45) is 4.52. The van der Waals surface area contributed by atoms with Gasteiger partial charge in [0.05, 0.1) is 22.7 Å². The van der Waals surface area contributed by atoms with Crippen LogP contribution in [0.15, 0.2) is 0 Å². The minimum atomic E-state index is -0.210. The van der Waals surface area contributed by atoms with E-state index in [1.165, 1.54) is 20.0 Å². The van der Waals surface area contributed by atoms with Crippen molar-refractivity contribution in [2.45, 2.75) is 48.2 Å². The normalized spacial score (nSPS) is 38.5. The van der Waals surface area contributed by atoms with Gasteiger partial charge >= 0.3 is 5.97 Å². The first-order valence-electron chi connectivity index (χ1n) is 5.50. The van der Waals surface area contributed by atoms with E-state index < -0.39 is 0 Å². The van der Waals surface area contributed by atoms with Crippen LogP contribution in [0.3, 0.4) is 0 Å². The second-order valence-corrected chi connectivity index (χ2v) is 5.98. The van der Waals surface area contributed by atoms with Crippen molar-refractivity contribution < 1.29 is 14.3 Å². The average molecular weight is 324 g/mol. The van der Waals surface area contributed by atoms with E-state index in [9.17, 15) is 4.79 Å². The Morgan fingerprint density at radius 1 is 1.47 bits per heavy atom. The van der Waals surface area contributed by atoms with Gasteiger partial charge in [-0.15, -0.1) is 0 Å². The fourth-order valence-corrected chi connectivity index (χ4v) is 4.04. The van der Waals surface area contributed by atoms with E-state index in [1.54, 1.807) is 0 Å². The van der Waals surface area contributed by atoms with Crippen LogP contribution >= 0.6 is 22.6 Å². The molecule has 0 aromatic rings.